The van der Waals surface area contributed by atoms with Crippen LogP contribution >= 0.6 is 11.6 Å². The molecule has 0 aliphatic carbocycles. The van der Waals surface area contributed by atoms with Gasteiger partial charge in [0.2, 0.25) is 5.91 Å². The minimum Gasteiger partial charge on any atom is -0.324 e. The smallest absolute Gasteiger partial charge is 0.264 e. The van der Waals surface area contributed by atoms with Crippen molar-refractivity contribution in [1.82, 2.24) is 0 Å². The van der Waals surface area contributed by atoms with Crippen molar-refractivity contribution in [3.05, 3.63) is 118 Å². The summed E-state index contributed by atoms with van der Waals surface area (Å²) in [4.78, 5) is 26.2. The van der Waals surface area contributed by atoms with Crippen molar-refractivity contribution in [1.29, 1.82) is 0 Å². The number of halogens is 1. The molecular weight excluding hydrogens is 570 g/mol. The van der Waals surface area contributed by atoms with E-state index >= 15 is 0 Å². The van der Waals surface area contributed by atoms with Crippen LogP contribution in [0.5, 0.6) is 0 Å². The van der Waals surface area contributed by atoms with Gasteiger partial charge in [-0.15, -0.1) is 0 Å². The molecule has 2 N–H and O–H groups in total. The Morgan fingerprint density at radius 3 is 2.05 bits per heavy atom. The molecule has 4 rings (SSSR count). The van der Waals surface area contributed by atoms with Crippen molar-refractivity contribution in [2.75, 3.05) is 21.5 Å². The third-order valence-electron chi connectivity index (χ3n) is 6.75. The number of carbonyl (C=O) groups is 2. The van der Waals surface area contributed by atoms with Crippen LogP contribution in [0.15, 0.2) is 95.9 Å². The van der Waals surface area contributed by atoms with Crippen LogP contribution in [0, 0.1) is 13.8 Å². The maximum absolute atomic E-state index is 13.7. The quantitative estimate of drug-likeness (QED) is 0.220. The fourth-order valence-corrected chi connectivity index (χ4v) is 5.96. The van der Waals surface area contributed by atoms with Crippen LogP contribution in [-0.4, -0.2) is 26.8 Å². The van der Waals surface area contributed by atoms with Crippen molar-refractivity contribution >= 4 is 50.5 Å². The lowest BCUT2D eigenvalue weighted by molar-refractivity contribution is -0.114. The van der Waals surface area contributed by atoms with Crippen LogP contribution in [-0.2, 0) is 20.2 Å². The van der Waals surface area contributed by atoms with Crippen LogP contribution in [0.4, 0.5) is 17.1 Å². The second kappa shape index (κ2) is 12.4. The van der Waals surface area contributed by atoms with Crippen LogP contribution in [0.25, 0.3) is 0 Å². The molecule has 0 aromatic heterocycles. The first-order valence-corrected chi connectivity index (χ1v) is 15.2. The van der Waals surface area contributed by atoms with Gasteiger partial charge in [-0.3, -0.25) is 13.9 Å². The molecule has 0 aliphatic heterocycles. The molecule has 0 saturated heterocycles. The van der Waals surface area contributed by atoms with Crippen molar-refractivity contribution in [2.24, 2.45) is 0 Å². The number of carbonyl (C=O) groups excluding carboxylic acids is 2. The third kappa shape index (κ3) is 7.38. The number of nitrogens with zero attached hydrogens (tertiary/aromatic N) is 1. The number of hydrogen-bond acceptors (Lipinski definition) is 4. The van der Waals surface area contributed by atoms with Crippen molar-refractivity contribution in [3.63, 3.8) is 0 Å². The first-order valence-electron chi connectivity index (χ1n) is 13.4. The van der Waals surface area contributed by atoms with Crippen LogP contribution in [0.2, 0.25) is 5.02 Å². The second-order valence-electron chi connectivity index (χ2n) is 11.2. The highest BCUT2D eigenvalue weighted by Crippen LogP contribution is 2.30. The summed E-state index contributed by atoms with van der Waals surface area (Å²) in [5.74, 6) is -0.850. The zero-order valence-corrected chi connectivity index (χ0v) is 25.8. The highest BCUT2D eigenvalue weighted by Gasteiger charge is 2.28. The topological polar surface area (TPSA) is 95.6 Å². The molecule has 0 aliphatic rings. The normalized spacial score (nSPS) is 11.6. The second-order valence-corrected chi connectivity index (χ2v) is 13.5. The van der Waals surface area contributed by atoms with E-state index in [0.29, 0.717) is 33.2 Å². The summed E-state index contributed by atoms with van der Waals surface area (Å²) in [6.07, 6.45) is 0. The van der Waals surface area contributed by atoms with E-state index in [1.807, 2.05) is 19.1 Å². The molecule has 42 heavy (non-hydrogen) atoms. The minimum absolute atomic E-state index is 0.0257. The number of aryl methyl sites for hydroxylation is 2. The molecule has 0 unspecified atom stereocenters. The van der Waals surface area contributed by atoms with Gasteiger partial charge in [0.1, 0.15) is 6.54 Å². The molecule has 0 spiro atoms. The van der Waals surface area contributed by atoms with Gasteiger partial charge in [0.15, 0.2) is 0 Å². The molecule has 4 aromatic rings. The van der Waals surface area contributed by atoms with E-state index in [1.54, 1.807) is 67.6 Å². The summed E-state index contributed by atoms with van der Waals surface area (Å²) in [5, 5.41) is 5.95. The molecule has 0 fully saturated rings. The molecule has 0 radical (unpaired) electrons. The Kier molecular flexibility index (Phi) is 9.09. The van der Waals surface area contributed by atoms with E-state index in [2.05, 4.69) is 31.4 Å². The Morgan fingerprint density at radius 2 is 1.43 bits per heavy atom. The average molecular weight is 604 g/mol. The largest absolute Gasteiger partial charge is 0.324 e. The average Bonchev–Trinajstić information content (AvgIpc) is 2.93. The number of benzene rings is 4. The van der Waals surface area contributed by atoms with Gasteiger partial charge in [0, 0.05) is 22.0 Å². The Labute approximate surface area is 252 Å². The summed E-state index contributed by atoms with van der Waals surface area (Å²) < 4.78 is 28.5. The van der Waals surface area contributed by atoms with Crippen LogP contribution < -0.4 is 14.9 Å². The van der Waals surface area contributed by atoms with Gasteiger partial charge < -0.3 is 10.6 Å². The Morgan fingerprint density at radius 1 is 0.810 bits per heavy atom. The van der Waals surface area contributed by atoms with Gasteiger partial charge in [0.05, 0.1) is 10.6 Å². The van der Waals surface area contributed by atoms with Crippen molar-refractivity contribution < 1.29 is 18.0 Å². The SMILES string of the molecule is Cc1ccc(S(=O)(=O)N(CC(=O)Nc2cccc(NC(=O)c3ccc(C(C)(C)C)cc3)c2)c2cc(Cl)ccc2C)cc1. The molecule has 0 heterocycles. The number of anilines is 3. The van der Waals surface area contributed by atoms with E-state index in [4.69, 9.17) is 11.6 Å². The van der Waals surface area contributed by atoms with E-state index < -0.39 is 22.5 Å². The molecular formula is C33H34ClN3O4S. The van der Waals surface area contributed by atoms with Gasteiger partial charge in [-0.2, -0.15) is 0 Å². The first kappa shape index (κ1) is 30.8. The lowest BCUT2D eigenvalue weighted by Gasteiger charge is -2.26. The summed E-state index contributed by atoms with van der Waals surface area (Å²) in [7, 11) is -4.11. The lowest BCUT2D eigenvalue weighted by atomic mass is 9.87. The molecule has 0 bridgehead atoms. The fraction of sp³-hybridized carbons (Fsp3) is 0.212. The molecule has 2 amide bonds. The lowest BCUT2D eigenvalue weighted by Crippen LogP contribution is -2.38. The molecule has 7 nitrogen and oxygen atoms in total. The van der Waals surface area contributed by atoms with Crippen molar-refractivity contribution in [2.45, 2.75) is 44.9 Å². The number of rotatable bonds is 8. The molecule has 218 valence electrons. The molecule has 0 saturated carbocycles. The van der Waals surface area contributed by atoms with Gasteiger partial charge in [-0.05, 0) is 85.0 Å². The van der Waals surface area contributed by atoms with E-state index in [0.717, 1.165) is 15.4 Å². The zero-order chi connectivity index (χ0) is 30.7. The Bertz CT molecular complexity index is 1710. The summed E-state index contributed by atoms with van der Waals surface area (Å²) in [6, 6.07) is 25.4. The Balaban J connectivity index is 1.54. The monoisotopic (exact) mass is 603 g/mol. The predicted molar refractivity (Wildman–Crippen MR) is 170 cm³/mol. The van der Waals surface area contributed by atoms with Gasteiger partial charge >= 0.3 is 0 Å². The zero-order valence-electron chi connectivity index (χ0n) is 24.2. The van der Waals surface area contributed by atoms with Crippen LogP contribution in [0.1, 0.15) is 47.8 Å². The minimum atomic E-state index is -4.11. The third-order valence-corrected chi connectivity index (χ3v) is 8.76. The number of amides is 2. The summed E-state index contributed by atoms with van der Waals surface area (Å²) in [6.45, 7) is 9.44. The molecule has 4 aromatic carbocycles. The fourth-order valence-electron chi connectivity index (χ4n) is 4.32. The summed E-state index contributed by atoms with van der Waals surface area (Å²) in [5.41, 5.74) is 4.33. The summed E-state index contributed by atoms with van der Waals surface area (Å²) >= 11 is 6.22. The van der Waals surface area contributed by atoms with Gasteiger partial charge in [-0.1, -0.05) is 74.3 Å². The predicted octanol–water partition coefficient (Wildman–Crippen LogP) is 7.34. The van der Waals surface area contributed by atoms with Crippen LogP contribution in [0.3, 0.4) is 0 Å². The number of hydrogen-bond donors (Lipinski definition) is 2. The standard InChI is InChI=1S/C33H34ClN3O4S/c1-22-9-17-29(18-10-22)42(40,41)37(30-19-26(34)16-11-23(30)2)21-31(38)35-27-7-6-8-28(20-27)36-32(39)24-12-14-25(15-13-24)33(3,4)5/h6-20H,21H2,1-5H3,(H,35,38)(H,36,39). The van der Waals surface area contributed by atoms with Gasteiger partial charge in [0.25, 0.3) is 15.9 Å². The number of sulfonamides is 1. The number of nitrogens with one attached hydrogen (secondary N) is 2. The van der Waals surface area contributed by atoms with E-state index in [-0.39, 0.29) is 16.2 Å². The highest BCUT2D eigenvalue weighted by molar-refractivity contribution is 7.92. The molecule has 0 atom stereocenters. The maximum atomic E-state index is 13.7. The Hall–Kier alpha value is -4.14. The van der Waals surface area contributed by atoms with E-state index in [9.17, 15) is 18.0 Å². The first-order chi connectivity index (χ1) is 19.7. The van der Waals surface area contributed by atoms with E-state index in [1.165, 1.54) is 18.2 Å². The van der Waals surface area contributed by atoms with Gasteiger partial charge in [-0.25, -0.2) is 8.42 Å². The molecule has 9 heteroatoms. The van der Waals surface area contributed by atoms with Crippen molar-refractivity contribution in [3.8, 4) is 0 Å². The maximum Gasteiger partial charge on any atom is 0.264 e. The highest BCUT2D eigenvalue weighted by atomic mass is 35.5.